The lowest BCUT2D eigenvalue weighted by Crippen LogP contribution is -2.41. The smallest absolute Gasteiger partial charge is 0.0307 e. The highest BCUT2D eigenvalue weighted by Gasteiger charge is 2.32. The molecule has 0 aromatic rings. The van der Waals surface area contributed by atoms with Gasteiger partial charge in [-0.2, -0.15) is 0 Å². The van der Waals surface area contributed by atoms with Crippen LogP contribution < -0.4 is 5.32 Å². The lowest BCUT2D eigenvalue weighted by atomic mass is 9.69. The summed E-state index contributed by atoms with van der Waals surface area (Å²) in [6.45, 7) is 8.24. The minimum Gasteiger partial charge on any atom is -0.310 e. The van der Waals surface area contributed by atoms with Crippen molar-refractivity contribution in [2.24, 2.45) is 11.3 Å². The molecule has 0 saturated heterocycles. The molecule has 0 radical (unpaired) electrons. The molecule has 2 aliphatic carbocycles. The first-order valence-electron chi connectivity index (χ1n) is 8.05. The predicted octanol–water partition coefficient (Wildman–Crippen LogP) is 4.68. The molecule has 1 saturated carbocycles. The zero-order chi connectivity index (χ0) is 13.0. The van der Waals surface area contributed by atoms with Crippen LogP contribution in [-0.4, -0.2) is 12.6 Å². The topological polar surface area (TPSA) is 12.0 Å². The Kier molecular flexibility index (Phi) is 4.89. The summed E-state index contributed by atoms with van der Waals surface area (Å²) in [7, 11) is 0. The molecule has 1 nitrogen and oxygen atoms in total. The number of rotatable bonds is 4. The highest BCUT2D eigenvalue weighted by Crippen LogP contribution is 2.41. The quantitative estimate of drug-likeness (QED) is 0.713. The summed E-state index contributed by atoms with van der Waals surface area (Å²) < 4.78 is 0. The fourth-order valence-electron chi connectivity index (χ4n) is 3.72. The molecule has 1 N–H and O–H groups in total. The van der Waals surface area contributed by atoms with Gasteiger partial charge in [-0.1, -0.05) is 32.4 Å². The van der Waals surface area contributed by atoms with Crippen molar-refractivity contribution < 1.29 is 0 Å². The lowest BCUT2D eigenvalue weighted by molar-refractivity contribution is 0.169. The Morgan fingerprint density at radius 2 is 2.00 bits per heavy atom. The number of likely N-dealkylation sites (N-methyl/N-ethyl adjacent to an activating group) is 1. The molecular weight excluding hydrogens is 218 g/mol. The van der Waals surface area contributed by atoms with Crippen LogP contribution in [0.4, 0.5) is 0 Å². The van der Waals surface area contributed by atoms with Crippen LogP contribution in [0.3, 0.4) is 0 Å². The van der Waals surface area contributed by atoms with E-state index in [4.69, 9.17) is 0 Å². The van der Waals surface area contributed by atoms with E-state index in [9.17, 15) is 0 Å². The van der Waals surface area contributed by atoms with Gasteiger partial charge >= 0.3 is 0 Å². The molecule has 2 aliphatic rings. The Morgan fingerprint density at radius 3 is 2.56 bits per heavy atom. The molecule has 1 heteroatoms. The molecule has 18 heavy (non-hydrogen) atoms. The number of hydrogen-bond donors (Lipinski definition) is 1. The van der Waals surface area contributed by atoms with Crippen molar-refractivity contribution in [2.75, 3.05) is 6.54 Å². The van der Waals surface area contributed by atoms with E-state index in [2.05, 4.69) is 32.2 Å². The summed E-state index contributed by atoms with van der Waals surface area (Å²) in [5.74, 6) is 0.891. The molecule has 0 bridgehead atoms. The summed E-state index contributed by atoms with van der Waals surface area (Å²) in [5.41, 5.74) is 2.32. The number of hydrogen-bond acceptors (Lipinski definition) is 1. The van der Waals surface area contributed by atoms with E-state index in [0.29, 0.717) is 11.5 Å². The first-order chi connectivity index (χ1) is 8.62. The molecular formula is C17H31N. The monoisotopic (exact) mass is 249 g/mol. The SMILES string of the molecule is CCNC(C1=CCCCC1)C1CCC(C)(C)CC1. The van der Waals surface area contributed by atoms with Gasteiger partial charge < -0.3 is 5.32 Å². The van der Waals surface area contributed by atoms with Gasteiger partial charge in [0.1, 0.15) is 0 Å². The van der Waals surface area contributed by atoms with Crippen LogP contribution >= 0.6 is 0 Å². The summed E-state index contributed by atoms with van der Waals surface area (Å²) in [6, 6.07) is 0.686. The molecule has 1 atom stereocenters. The Morgan fingerprint density at radius 1 is 1.28 bits per heavy atom. The van der Waals surface area contributed by atoms with Crippen molar-refractivity contribution in [3.8, 4) is 0 Å². The average Bonchev–Trinajstić information content (AvgIpc) is 2.38. The lowest BCUT2D eigenvalue weighted by Gasteiger charge is -2.39. The second kappa shape index (κ2) is 6.23. The average molecular weight is 249 g/mol. The fourth-order valence-corrected chi connectivity index (χ4v) is 3.72. The largest absolute Gasteiger partial charge is 0.310 e. The van der Waals surface area contributed by atoms with Crippen LogP contribution in [-0.2, 0) is 0 Å². The van der Waals surface area contributed by atoms with Gasteiger partial charge in [-0.15, -0.1) is 0 Å². The van der Waals surface area contributed by atoms with E-state index in [1.54, 1.807) is 5.57 Å². The van der Waals surface area contributed by atoms with E-state index in [1.165, 1.54) is 51.4 Å². The normalized spacial score (nSPS) is 26.7. The van der Waals surface area contributed by atoms with E-state index in [-0.39, 0.29) is 0 Å². The highest BCUT2D eigenvalue weighted by atomic mass is 14.9. The molecule has 0 aromatic carbocycles. The molecule has 104 valence electrons. The summed E-state index contributed by atoms with van der Waals surface area (Å²) in [5, 5.41) is 3.78. The standard InChI is InChI=1S/C17H31N/c1-4-18-16(14-8-6-5-7-9-14)15-10-12-17(2,3)13-11-15/h8,15-16,18H,4-7,9-13H2,1-3H3. The Balaban J connectivity index is 1.99. The van der Waals surface area contributed by atoms with Crippen LogP contribution in [0.1, 0.15) is 72.1 Å². The highest BCUT2D eigenvalue weighted by molar-refractivity contribution is 5.15. The zero-order valence-electron chi connectivity index (χ0n) is 12.6. The first-order valence-corrected chi connectivity index (χ1v) is 8.05. The Labute approximate surface area is 113 Å². The van der Waals surface area contributed by atoms with Gasteiger partial charge in [0.15, 0.2) is 0 Å². The van der Waals surface area contributed by atoms with Crippen LogP contribution in [0.5, 0.6) is 0 Å². The van der Waals surface area contributed by atoms with Crippen molar-refractivity contribution in [3.05, 3.63) is 11.6 Å². The van der Waals surface area contributed by atoms with E-state index >= 15 is 0 Å². The zero-order valence-corrected chi connectivity index (χ0v) is 12.6. The van der Waals surface area contributed by atoms with Crippen LogP contribution in [0.2, 0.25) is 0 Å². The van der Waals surface area contributed by atoms with E-state index in [0.717, 1.165) is 12.5 Å². The molecule has 0 spiro atoms. The minimum atomic E-state index is 0.591. The maximum atomic E-state index is 3.78. The first kappa shape index (κ1) is 14.1. The van der Waals surface area contributed by atoms with Crippen LogP contribution in [0, 0.1) is 11.3 Å². The van der Waals surface area contributed by atoms with Crippen molar-refractivity contribution in [1.82, 2.24) is 5.32 Å². The van der Waals surface area contributed by atoms with Crippen LogP contribution in [0.15, 0.2) is 11.6 Å². The number of nitrogens with one attached hydrogen (secondary N) is 1. The Hall–Kier alpha value is -0.300. The molecule has 0 amide bonds. The van der Waals surface area contributed by atoms with Crippen molar-refractivity contribution in [2.45, 2.75) is 78.2 Å². The summed E-state index contributed by atoms with van der Waals surface area (Å²) in [6.07, 6.45) is 13.7. The predicted molar refractivity (Wildman–Crippen MR) is 79.8 cm³/mol. The molecule has 1 unspecified atom stereocenters. The van der Waals surface area contributed by atoms with E-state index in [1.807, 2.05) is 0 Å². The van der Waals surface area contributed by atoms with Gasteiger partial charge in [0, 0.05) is 6.04 Å². The maximum absolute atomic E-state index is 3.78. The van der Waals surface area contributed by atoms with Gasteiger partial charge in [-0.3, -0.25) is 0 Å². The van der Waals surface area contributed by atoms with Crippen molar-refractivity contribution in [1.29, 1.82) is 0 Å². The second-order valence-corrected chi connectivity index (χ2v) is 7.06. The van der Waals surface area contributed by atoms with Crippen molar-refractivity contribution in [3.63, 3.8) is 0 Å². The Bertz CT molecular complexity index is 280. The third kappa shape index (κ3) is 3.60. The molecule has 1 fully saturated rings. The second-order valence-electron chi connectivity index (χ2n) is 7.06. The van der Waals surface area contributed by atoms with Gasteiger partial charge in [-0.05, 0) is 69.2 Å². The summed E-state index contributed by atoms with van der Waals surface area (Å²) in [4.78, 5) is 0. The number of allylic oxidation sites excluding steroid dienone is 1. The molecule has 0 heterocycles. The van der Waals surface area contributed by atoms with Crippen LogP contribution in [0.25, 0.3) is 0 Å². The van der Waals surface area contributed by atoms with E-state index < -0.39 is 0 Å². The van der Waals surface area contributed by atoms with Gasteiger partial charge in [0.25, 0.3) is 0 Å². The molecule has 0 aliphatic heterocycles. The van der Waals surface area contributed by atoms with Gasteiger partial charge in [0.2, 0.25) is 0 Å². The summed E-state index contributed by atoms with van der Waals surface area (Å²) >= 11 is 0. The third-order valence-electron chi connectivity index (χ3n) is 5.00. The molecule has 2 rings (SSSR count). The molecule has 0 aromatic heterocycles. The maximum Gasteiger partial charge on any atom is 0.0307 e. The third-order valence-corrected chi connectivity index (χ3v) is 5.00. The van der Waals surface area contributed by atoms with Gasteiger partial charge in [0.05, 0.1) is 0 Å². The van der Waals surface area contributed by atoms with Crippen molar-refractivity contribution >= 4 is 0 Å². The fraction of sp³-hybridized carbons (Fsp3) is 0.882. The van der Waals surface area contributed by atoms with Gasteiger partial charge in [-0.25, -0.2) is 0 Å². The minimum absolute atomic E-state index is 0.591.